The smallest absolute Gasteiger partial charge is 0.252 e. The predicted octanol–water partition coefficient (Wildman–Crippen LogP) is 3.68. The Kier molecular flexibility index (Phi) is 5.98. The molecular formula is C17H22N2O3S. The maximum absolute atomic E-state index is 12.6. The SMILES string of the molecule is COc1cc(OC)cc(C(=O)NC(CC(C)C)c2nccs2)c1. The van der Waals surface area contributed by atoms with Gasteiger partial charge in [-0.1, -0.05) is 13.8 Å². The van der Waals surface area contributed by atoms with Gasteiger partial charge in [-0.15, -0.1) is 11.3 Å². The van der Waals surface area contributed by atoms with E-state index in [2.05, 4.69) is 24.1 Å². The van der Waals surface area contributed by atoms with Gasteiger partial charge in [0.15, 0.2) is 0 Å². The molecule has 1 unspecified atom stereocenters. The fraction of sp³-hybridized carbons (Fsp3) is 0.412. The van der Waals surface area contributed by atoms with E-state index >= 15 is 0 Å². The second-order valence-corrected chi connectivity index (χ2v) is 6.55. The van der Waals surface area contributed by atoms with Gasteiger partial charge in [-0.25, -0.2) is 4.98 Å². The molecule has 1 heterocycles. The largest absolute Gasteiger partial charge is 0.497 e. The van der Waals surface area contributed by atoms with E-state index in [-0.39, 0.29) is 11.9 Å². The minimum Gasteiger partial charge on any atom is -0.497 e. The van der Waals surface area contributed by atoms with Crippen LogP contribution in [0.25, 0.3) is 0 Å². The van der Waals surface area contributed by atoms with E-state index in [9.17, 15) is 4.79 Å². The molecule has 0 aliphatic rings. The number of methoxy groups -OCH3 is 2. The maximum Gasteiger partial charge on any atom is 0.252 e. The first-order valence-electron chi connectivity index (χ1n) is 7.46. The van der Waals surface area contributed by atoms with Crippen molar-refractivity contribution in [2.45, 2.75) is 26.3 Å². The third kappa shape index (κ3) is 4.69. The van der Waals surface area contributed by atoms with Crippen LogP contribution in [0.2, 0.25) is 0 Å². The van der Waals surface area contributed by atoms with Crippen LogP contribution in [0.5, 0.6) is 11.5 Å². The molecule has 6 heteroatoms. The van der Waals surface area contributed by atoms with Crippen LogP contribution in [-0.4, -0.2) is 25.1 Å². The zero-order valence-corrected chi connectivity index (χ0v) is 14.6. The van der Waals surface area contributed by atoms with E-state index in [1.807, 2.05) is 5.38 Å². The molecule has 0 spiro atoms. The number of thiazole rings is 1. The number of benzene rings is 1. The van der Waals surface area contributed by atoms with Gasteiger partial charge < -0.3 is 14.8 Å². The molecule has 1 aromatic heterocycles. The molecule has 1 N–H and O–H groups in total. The molecule has 1 aromatic carbocycles. The van der Waals surface area contributed by atoms with Crippen molar-refractivity contribution >= 4 is 17.2 Å². The second kappa shape index (κ2) is 7.97. The number of rotatable bonds is 7. The predicted molar refractivity (Wildman–Crippen MR) is 91.3 cm³/mol. The Morgan fingerprint density at radius 1 is 1.22 bits per heavy atom. The Morgan fingerprint density at radius 2 is 1.87 bits per heavy atom. The summed E-state index contributed by atoms with van der Waals surface area (Å²) in [6.45, 7) is 4.25. The zero-order valence-electron chi connectivity index (χ0n) is 13.8. The number of ether oxygens (including phenoxy) is 2. The van der Waals surface area contributed by atoms with E-state index in [1.165, 1.54) is 0 Å². The highest BCUT2D eigenvalue weighted by Gasteiger charge is 2.20. The number of hydrogen-bond donors (Lipinski definition) is 1. The highest BCUT2D eigenvalue weighted by Crippen LogP contribution is 2.26. The Labute approximate surface area is 140 Å². The van der Waals surface area contributed by atoms with Crippen LogP contribution in [0.1, 0.15) is 41.7 Å². The quantitative estimate of drug-likeness (QED) is 0.839. The van der Waals surface area contributed by atoms with Gasteiger partial charge in [0.1, 0.15) is 16.5 Å². The Hall–Kier alpha value is -2.08. The summed E-state index contributed by atoms with van der Waals surface area (Å²) in [7, 11) is 3.13. The van der Waals surface area contributed by atoms with Gasteiger partial charge in [0.25, 0.3) is 5.91 Å². The van der Waals surface area contributed by atoms with Crippen molar-refractivity contribution in [1.29, 1.82) is 0 Å². The molecule has 0 saturated heterocycles. The van der Waals surface area contributed by atoms with Crippen LogP contribution in [0.15, 0.2) is 29.8 Å². The molecule has 0 bridgehead atoms. The van der Waals surface area contributed by atoms with Gasteiger partial charge in [-0.2, -0.15) is 0 Å². The number of aromatic nitrogens is 1. The van der Waals surface area contributed by atoms with Crippen molar-refractivity contribution < 1.29 is 14.3 Å². The molecule has 0 aliphatic carbocycles. The lowest BCUT2D eigenvalue weighted by molar-refractivity contribution is 0.0931. The van der Waals surface area contributed by atoms with Crippen molar-refractivity contribution in [3.63, 3.8) is 0 Å². The molecule has 2 aromatic rings. The number of carbonyl (C=O) groups is 1. The van der Waals surface area contributed by atoms with Gasteiger partial charge in [-0.05, 0) is 24.5 Å². The normalized spacial score (nSPS) is 12.0. The molecule has 1 atom stereocenters. The summed E-state index contributed by atoms with van der Waals surface area (Å²) in [5.41, 5.74) is 0.506. The second-order valence-electron chi connectivity index (χ2n) is 5.63. The molecule has 0 fully saturated rings. The van der Waals surface area contributed by atoms with Crippen molar-refractivity contribution in [3.8, 4) is 11.5 Å². The van der Waals surface area contributed by atoms with E-state index in [0.717, 1.165) is 11.4 Å². The van der Waals surface area contributed by atoms with Crippen LogP contribution in [-0.2, 0) is 0 Å². The van der Waals surface area contributed by atoms with Crippen LogP contribution < -0.4 is 14.8 Å². The monoisotopic (exact) mass is 334 g/mol. The lowest BCUT2D eigenvalue weighted by atomic mass is 10.0. The summed E-state index contributed by atoms with van der Waals surface area (Å²) in [6.07, 6.45) is 2.59. The minimum atomic E-state index is -0.164. The van der Waals surface area contributed by atoms with Crippen molar-refractivity contribution in [3.05, 3.63) is 40.3 Å². The first-order chi connectivity index (χ1) is 11.0. The Bertz CT molecular complexity index is 619. The number of carbonyl (C=O) groups excluding carboxylic acids is 1. The van der Waals surface area contributed by atoms with E-state index in [4.69, 9.17) is 9.47 Å². The minimum absolute atomic E-state index is 0.0975. The summed E-state index contributed by atoms with van der Waals surface area (Å²) in [4.78, 5) is 17.0. The molecule has 0 radical (unpaired) electrons. The Balaban J connectivity index is 2.21. The van der Waals surface area contributed by atoms with E-state index < -0.39 is 0 Å². The zero-order chi connectivity index (χ0) is 16.8. The van der Waals surface area contributed by atoms with Gasteiger partial charge in [0.05, 0.1) is 20.3 Å². The molecule has 0 saturated carbocycles. The topological polar surface area (TPSA) is 60.5 Å². The molecular weight excluding hydrogens is 312 g/mol. The highest BCUT2D eigenvalue weighted by atomic mass is 32.1. The Morgan fingerprint density at radius 3 is 2.35 bits per heavy atom. The number of nitrogens with one attached hydrogen (secondary N) is 1. The average molecular weight is 334 g/mol. The van der Waals surface area contributed by atoms with Gasteiger partial charge in [0.2, 0.25) is 0 Å². The van der Waals surface area contributed by atoms with Crippen LogP contribution in [0.3, 0.4) is 0 Å². The summed E-state index contributed by atoms with van der Waals surface area (Å²) < 4.78 is 10.4. The van der Waals surface area contributed by atoms with E-state index in [0.29, 0.717) is 23.0 Å². The highest BCUT2D eigenvalue weighted by molar-refractivity contribution is 7.09. The summed E-state index contributed by atoms with van der Waals surface area (Å²) >= 11 is 1.55. The van der Waals surface area contributed by atoms with Gasteiger partial charge in [-0.3, -0.25) is 4.79 Å². The van der Waals surface area contributed by atoms with Crippen molar-refractivity contribution in [2.75, 3.05) is 14.2 Å². The molecule has 0 aliphatic heterocycles. The maximum atomic E-state index is 12.6. The lowest BCUT2D eigenvalue weighted by Gasteiger charge is -2.19. The first-order valence-corrected chi connectivity index (χ1v) is 8.34. The van der Waals surface area contributed by atoms with Crippen molar-refractivity contribution in [2.24, 2.45) is 5.92 Å². The molecule has 5 nitrogen and oxygen atoms in total. The lowest BCUT2D eigenvalue weighted by Crippen LogP contribution is -2.29. The summed E-state index contributed by atoms with van der Waals surface area (Å²) in [6, 6.07) is 5.04. The van der Waals surface area contributed by atoms with Gasteiger partial charge >= 0.3 is 0 Å². The van der Waals surface area contributed by atoms with Crippen LogP contribution in [0, 0.1) is 5.92 Å². The molecule has 2 rings (SSSR count). The first kappa shape index (κ1) is 17.3. The van der Waals surface area contributed by atoms with Gasteiger partial charge in [0, 0.05) is 23.2 Å². The fourth-order valence-corrected chi connectivity index (χ4v) is 2.98. The standard InChI is InChI=1S/C17H22N2O3S/c1-11(2)7-15(17-18-5-6-23-17)19-16(20)12-8-13(21-3)10-14(9-12)22-4/h5-6,8-11,15H,7H2,1-4H3,(H,19,20). The molecule has 23 heavy (non-hydrogen) atoms. The summed E-state index contributed by atoms with van der Waals surface area (Å²) in [5.74, 6) is 1.46. The molecule has 124 valence electrons. The fourth-order valence-electron chi connectivity index (χ4n) is 2.28. The third-order valence-electron chi connectivity index (χ3n) is 3.38. The number of nitrogens with zero attached hydrogens (tertiary/aromatic N) is 1. The van der Waals surface area contributed by atoms with E-state index in [1.54, 1.807) is 50.0 Å². The van der Waals surface area contributed by atoms with Crippen LogP contribution >= 0.6 is 11.3 Å². The number of hydrogen-bond acceptors (Lipinski definition) is 5. The van der Waals surface area contributed by atoms with Crippen molar-refractivity contribution in [1.82, 2.24) is 10.3 Å². The average Bonchev–Trinajstić information content (AvgIpc) is 3.07. The van der Waals surface area contributed by atoms with Crippen LogP contribution in [0.4, 0.5) is 0 Å². The summed E-state index contributed by atoms with van der Waals surface area (Å²) in [5, 5.41) is 5.91. The molecule has 1 amide bonds. The third-order valence-corrected chi connectivity index (χ3v) is 4.26. The number of amides is 1.